The van der Waals surface area contributed by atoms with Gasteiger partial charge < -0.3 is 15.2 Å². The summed E-state index contributed by atoms with van der Waals surface area (Å²) in [7, 11) is 1.60. The van der Waals surface area contributed by atoms with Gasteiger partial charge in [-0.3, -0.25) is 5.43 Å². The molecule has 0 saturated heterocycles. The van der Waals surface area contributed by atoms with Crippen molar-refractivity contribution in [3.8, 4) is 11.5 Å². The number of rotatable bonds is 6. The van der Waals surface area contributed by atoms with Crippen LogP contribution in [0.25, 0.3) is 0 Å². The highest BCUT2D eigenvalue weighted by Gasteiger charge is 2.07. The lowest BCUT2D eigenvalue weighted by Gasteiger charge is -2.12. The number of nitrogens with two attached hydrogens (primary N) is 1. The van der Waals surface area contributed by atoms with E-state index in [0.29, 0.717) is 23.1 Å². The second-order valence-electron chi connectivity index (χ2n) is 4.67. The number of nitrogens with zero attached hydrogens (tertiary/aromatic N) is 1. The molecule has 2 rings (SSSR count). The summed E-state index contributed by atoms with van der Waals surface area (Å²) >= 11 is 14.2. The number of thiocarbonyl (C=S) groups is 1. The van der Waals surface area contributed by atoms with Gasteiger partial charge in [-0.1, -0.05) is 27.5 Å². The number of hydrazone groups is 1. The van der Waals surface area contributed by atoms with Crippen LogP contribution in [0.2, 0.25) is 5.02 Å². The van der Waals surface area contributed by atoms with Crippen molar-refractivity contribution in [3.05, 3.63) is 57.0 Å². The lowest BCUT2D eigenvalue weighted by atomic mass is 10.1. The third kappa shape index (κ3) is 5.36. The van der Waals surface area contributed by atoms with Gasteiger partial charge in [-0.05, 0) is 54.2 Å². The van der Waals surface area contributed by atoms with Crippen LogP contribution in [0.1, 0.15) is 11.1 Å². The molecule has 0 fully saturated rings. The van der Waals surface area contributed by atoms with Gasteiger partial charge in [0.15, 0.2) is 5.11 Å². The molecule has 0 spiro atoms. The van der Waals surface area contributed by atoms with Crippen LogP contribution in [-0.4, -0.2) is 18.4 Å². The van der Waals surface area contributed by atoms with Gasteiger partial charge in [0.1, 0.15) is 18.1 Å². The standard InChI is InChI=1S/C16H15BrClN3O2S/c1-22-14-4-2-10(8-20-21-16(19)24)6-11(14)9-23-15-5-3-12(17)7-13(15)18/h2-8H,9H2,1H3,(H3,19,21,24). The predicted molar refractivity (Wildman–Crippen MR) is 104 cm³/mol. The second-order valence-corrected chi connectivity index (χ2v) is 6.43. The zero-order valence-corrected chi connectivity index (χ0v) is 15.9. The van der Waals surface area contributed by atoms with Gasteiger partial charge in [0, 0.05) is 10.0 Å². The topological polar surface area (TPSA) is 68.9 Å². The molecule has 3 N–H and O–H groups in total. The minimum atomic E-state index is 0.105. The molecule has 24 heavy (non-hydrogen) atoms. The average Bonchev–Trinajstić information content (AvgIpc) is 2.54. The first-order valence-electron chi connectivity index (χ1n) is 6.83. The fraction of sp³-hybridized carbons (Fsp3) is 0.125. The molecule has 0 amide bonds. The fourth-order valence-electron chi connectivity index (χ4n) is 1.91. The van der Waals surface area contributed by atoms with Crippen LogP contribution in [0.4, 0.5) is 0 Å². The Morgan fingerprint density at radius 1 is 1.33 bits per heavy atom. The van der Waals surface area contributed by atoms with E-state index in [4.69, 9.17) is 39.0 Å². The van der Waals surface area contributed by atoms with Crippen molar-refractivity contribution in [3.63, 3.8) is 0 Å². The van der Waals surface area contributed by atoms with E-state index >= 15 is 0 Å². The first-order valence-corrected chi connectivity index (χ1v) is 8.41. The summed E-state index contributed by atoms with van der Waals surface area (Å²) in [6.45, 7) is 0.301. The molecule has 8 heteroatoms. The highest BCUT2D eigenvalue weighted by Crippen LogP contribution is 2.29. The molecule has 2 aromatic carbocycles. The Kier molecular flexibility index (Phi) is 6.84. The van der Waals surface area contributed by atoms with E-state index < -0.39 is 0 Å². The molecule has 0 aliphatic rings. The Labute approximate surface area is 158 Å². The molecule has 0 aromatic heterocycles. The van der Waals surface area contributed by atoms with Gasteiger partial charge in [0.05, 0.1) is 18.3 Å². The van der Waals surface area contributed by atoms with E-state index in [-0.39, 0.29) is 5.11 Å². The minimum Gasteiger partial charge on any atom is -0.496 e. The Balaban J connectivity index is 2.15. The maximum atomic E-state index is 6.16. The van der Waals surface area contributed by atoms with Gasteiger partial charge in [0.25, 0.3) is 0 Å². The van der Waals surface area contributed by atoms with Crippen LogP contribution in [0.15, 0.2) is 46.0 Å². The molecule has 0 aliphatic heterocycles. The number of hydrogen-bond donors (Lipinski definition) is 2. The van der Waals surface area contributed by atoms with E-state index in [1.165, 1.54) is 0 Å². The maximum Gasteiger partial charge on any atom is 0.184 e. The van der Waals surface area contributed by atoms with Crippen LogP contribution >= 0.6 is 39.7 Å². The van der Waals surface area contributed by atoms with Crippen molar-refractivity contribution in [2.24, 2.45) is 10.8 Å². The van der Waals surface area contributed by atoms with Gasteiger partial charge >= 0.3 is 0 Å². The lowest BCUT2D eigenvalue weighted by Crippen LogP contribution is -2.24. The Morgan fingerprint density at radius 3 is 2.75 bits per heavy atom. The Morgan fingerprint density at radius 2 is 2.08 bits per heavy atom. The highest BCUT2D eigenvalue weighted by atomic mass is 79.9. The first kappa shape index (κ1) is 18.5. The smallest absolute Gasteiger partial charge is 0.184 e. The second kappa shape index (κ2) is 8.86. The van der Waals surface area contributed by atoms with Crippen LogP contribution in [0.5, 0.6) is 11.5 Å². The number of ether oxygens (including phenoxy) is 2. The first-order chi connectivity index (χ1) is 11.5. The van der Waals surface area contributed by atoms with Gasteiger partial charge in [-0.25, -0.2) is 0 Å². The van der Waals surface area contributed by atoms with Crippen LogP contribution in [-0.2, 0) is 6.61 Å². The van der Waals surface area contributed by atoms with Crippen LogP contribution < -0.4 is 20.6 Å². The van der Waals surface area contributed by atoms with E-state index in [0.717, 1.165) is 15.6 Å². The van der Waals surface area contributed by atoms with Crippen molar-refractivity contribution in [1.82, 2.24) is 5.43 Å². The molecular formula is C16H15BrClN3O2S. The maximum absolute atomic E-state index is 6.16. The number of nitrogens with one attached hydrogen (secondary N) is 1. The van der Waals surface area contributed by atoms with E-state index in [1.54, 1.807) is 25.5 Å². The monoisotopic (exact) mass is 427 g/mol. The summed E-state index contributed by atoms with van der Waals surface area (Å²) in [6.07, 6.45) is 1.61. The summed E-state index contributed by atoms with van der Waals surface area (Å²) in [5.41, 5.74) is 9.53. The predicted octanol–water partition coefficient (Wildman–Crippen LogP) is 3.86. The van der Waals surface area contributed by atoms with Crippen LogP contribution in [0, 0.1) is 0 Å². The summed E-state index contributed by atoms with van der Waals surface area (Å²) in [6, 6.07) is 11.0. The minimum absolute atomic E-state index is 0.105. The molecule has 0 radical (unpaired) electrons. The molecule has 0 heterocycles. The average molecular weight is 429 g/mol. The van der Waals surface area contributed by atoms with Gasteiger partial charge in [0.2, 0.25) is 0 Å². The van der Waals surface area contributed by atoms with Crippen molar-refractivity contribution in [2.45, 2.75) is 6.61 Å². The molecule has 0 saturated carbocycles. The molecule has 2 aromatic rings. The summed E-state index contributed by atoms with van der Waals surface area (Å²) in [4.78, 5) is 0. The van der Waals surface area contributed by atoms with Crippen molar-refractivity contribution >= 4 is 51.1 Å². The zero-order chi connectivity index (χ0) is 17.5. The van der Waals surface area contributed by atoms with Crippen molar-refractivity contribution < 1.29 is 9.47 Å². The number of halogens is 2. The van der Waals surface area contributed by atoms with Crippen LogP contribution in [0.3, 0.4) is 0 Å². The molecule has 5 nitrogen and oxygen atoms in total. The summed E-state index contributed by atoms with van der Waals surface area (Å²) < 4.78 is 12.0. The number of methoxy groups -OCH3 is 1. The number of benzene rings is 2. The van der Waals surface area contributed by atoms with E-state index in [9.17, 15) is 0 Å². The molecular weight excluding hydrogens is 414 g/mol. The SMILES string of the molecule is COc1ccc(C=NNC(N)=S)cc1COc1ccc(Br)cc1Cl. The molecule has 0 aliphatic carbocycles. The van der Waals surface area contributed by atoms with Crippen molar-refractivity contribution in [1.29, 1.82) is 0 Å². The Hall–Kier alpha value is -1.83. The molecule has 0 atom stereocenters. The lowest BCUT2D eigenvalue weighted by molar-refractivity contribution is 0.297. The molecule has 0 unspecified atom stereocenters. The Bertz CT molecular complexity index is 771. The van der Waals surface area contributed by atoms with Gasteiger partial charge in [-0.2, -0.15) is 5.10 Å². The molecule has 126 valence electrons. The highest BCUT2D eigenvalue weighted by molar-refractivity contribution is 9.10. The van der Waals surface area contributed by atoms with Crippen molar-refractivity contribution in [2.75, 3.05) is 7.11 Å². The third-order valence-electron chi connectivity index (χ3n) is 2.97. The fourth-order valence-corrected chi connectivity index (χ4v) is 2.69. The zero-order valence-electron chi connectivity index (χ0n) is 12.8. The summed E-state index contributed by atoms with van der Waals surface area (Å²) in [5.74, 6) is 1.30. The van der Waals surface area contributed by atoms with E-state index in [2.05, 4.69) is 26.5 Å². The van der Waals surface area contributed by atoms with Gasteiger partial charge in [-0.15, -0.1) is 0 Å². The molecule has 0 bridgehead atoms. The van der Waals surface area contributed by atoms with E-state index in [1.807, 2.05) is 24.3 Å². The largest absolute Gasteiger partial charge is 0.496 e. The quantitative estimate of drug-likeness (QED) is 0.415. The number of hydrogen-bond acceptors (Lipinski definition) is 4. The third-order valence-corrected chi connectivity index (χ3v) is 3.85. The summed E-state index contributed by atoms with van der Waals surface area (Å²) in [5, 5.41) is 4.56. The normalized spacial score (nSPS) is 10.6.